The van der Waals surface area contributed by atoms with Crippen LogP contribution >= 0.6 is 0 Å². The van der Waals surface area contributed by atoms with Crippen molar-refractivity contribution >= 4 is 11.9 Å². The molecule has 0 aliphatic heterocycles. The second kappa shape index (κ2) is 10.8. The summed E-state index contributed by atoms with van der Waals surface area (Å²) < 4.78 is 24.2. The molecular formula is C24H22FNO4. The predicted octanol–water partition coefficient (Wildman–Crippen LogP) is 3.92. The van der Waals surface area contributed by atoms with Crippen molar-refractivity contribution in [1.82, 2.24) is 5.32 Å². The molecule has 0 aliphatic rings. The van der Waals surface area contributed by atoms with E-state index in [-0.39, 0.29) is 12.4 Å². The van der Waals surface area contributed by atoms with Crippen molar-refractivity contribution in [3.05, 3.63) is 101 Å². The molecule has 3 rings (SSSR count). The Hall–Kier alpha value is -3.67. The predicted molar refractivity (Wildman–Crippen MR) is 111 cm³/mol. The third-order valence-corrected chi connectivity index (χ3v) is 4.35. The van der Waals surface area contributed by atoms with Crippen LogP contribution < -0.4 is 10.1 Å². The third kappa shape index (κ3) is 6.44. The van der Waals surface area contributed by atoms with Gasteiger partial charge in [-0.1, -0.05) is 48.5 Å². The standard InChI is InChI=1S/C24H22FNO4/c25-22-9-5-4-6-19(22)14-15-26-23(27)17-30-24(28)20-12-10-18(11-13-20)16-29-21-7-2-1-3-8-21/h1-13H,14-17H2,(H,26,27). The Bertz CT molecular complexity index is 974. The molecule has 0 saturated carbocycles. The lowest BCUT2D eigenvalue weighted by molar-refractivity contribution is -0.124. The van der Waals surface area contributed by atoms with E-state index in [1.807, 2.05) is 30.3 Å². The average molecular weight is 407 g/mol. The number of para-hydroxylation sites is 1. The minimum absolute atomic E-state index is 0.257. The second-order valence-electron chi connectivity index (χ2n) is 6.57. The number of carbonyl (C=O) groups excluding carboxylic acids is 2. The molecule has 0 heterocycles. The van der Waals surface area contributed by atoms with Crippen LogP contribution in [0, 0.1) is 5.82 Å². The summed E-state index contributed by atoms with van der Waals surface area (Å²) in [6, 6.07) is 22.6. The summed E-state index contributed by atoms with van der Waals surface area (Å²) >= 11 is 0. The maximum Gasteiger partial charge on any atom is 0.338 e. The molecule has 0 saturated heterocycles. The number of carbonyl (C=O) groups is 2. The summed E-state index contributed by atoms with van der Waals surface area (Å²) in [5.74, 6) is -0.569. The first-order chi connectivity index (χ1) is 14.6. The Balaban J connectivity index is 1.38. The number of nitrogens with one attached hydrogen (secondary N) is 1. The van der Waals surface area contributed by atoms with Crippen LogP contribution in [0.3, 0.4) is 0 Å². The normalized spacial score (nSPS) is 10.3. The van der Waals surface area contributed by atoms with Gasteiger partial charge in [-0.3, -0.25) is 4.79 Å². The first-order valence-corrected chi connectivity index (χ1v) is 9.56. The molecule has 154 valence electrons. The first-order valence-electron chi connectivity index (χ1n) is 9.56. The van der Waals surface area contributed by atoms with Crippen molar-refractivity contribution in [3.8, 4) is 5.75 Å². The van der Waals surface area contributed by atoms with Gasteiger partial charge in [0.25, 0.3) is 5.91 Å². The molecule has 0 bridgehead atoms. The van der Waals surface area contributed by atoms with Crippen LogP contribution in [-0.4, -0.2) is 25.0 Å². The van der Waals surface area contributed by atoms with Crippen molar-refractivity contribution in [2.75, 3.05) is 13.2 Å². The van der Waals surface area contributed by atoms with Crippen molar-refractivity contribution in [2.45, 2.75) is 13.0 Å². The smallest absolute Gasteiger partial charge is 0.338 e. The highest BCUT2D eigenvalue weighted by Crippen LogP contribution is 2.13. The topological polar surface area (TPSA) is 64.6 Å². The van der Waals surface area contributed by atoms with Gasteiger partial charge in [0.15, 0.2) is 6.61 Å². The van der Waals surface area contributed by atoms with E-state index in [9.17, 15) is 14.0 Å². The summed E-state index contributed by atoms with van der Waals surface area (Å²) in [5, 5.41) is 2.61. The molecule has 0 aliphatic carbocycles. The van der Waals surface area contributed by atoms with Gasteiger partial charge in [0.1, 0.15) is 18.2 Å². The van der Waals surface area contributed by atoms with E-state index in [1.165, 1.54) is 6.07 Å². The number of benzene rings is 3. The molecule has 0 spiro atoms. The number of halogens is 1. The van der Waals surface area contributed by atoms with E-state index in [0.717, 1.165) is 11.3 Å². The Kier molecular flexibility index (Phi) is 7.55. The number of rotatable bonds is 9. The molecule has 5 nitrogen and oxygen atoms in total. The quantitative estimate of drug-likeness (QED) is 0.546. The van der Waals surface area contributed by atoms with Gasteiger partial charge in [0.2, 0.25) is 0 Å². The van der Waals surface area contributed by atoms with Gasteiger partial charge in [-0.05, 0) is 47.9 Å². The molecule has 3 aromatic rings. The van der Waals surface area contributed by atoms with E-state index in [0.29, 0.717) is 24.2 Å². The monoisotopic (exact) mass is 407 g/mol. The Morgan fingerprint density at radius 2 is 1.57 bits per heavy atom. The largest absolute Gasteiger partial charge is 0.489 e. The zero-order valence-corrected chi connectivity index (χ0v) is 16.3. The van der Waals surface area contributed by atoms with Crippen LogP contribution in [0.25, 0.3) is 0 Å². The molecule has 3 aromatic carbocycles. The molecule has 0 fully saturated rings. The molecule has 30 heavy (non-hydrogen) atoms. The summed E-state index contributed by atoms with van der Waals surface area (Å²) in [7, 11) is 0. The van der Waals surface area contributed by atoms with Crippen molar-refractivity contribution in [2.24, 2.45) is 0 Å². The van der Waals surface area contributed by atoms with Crippen LogP contribution in [0.5, 0.6) is 5.75 Å². The molecular weight excluding hydrogens is 385 g/mol. The average Bonchev–Trinajstić information content (AvgIpc) is 2.78. The van der Waals surface area contributed by atoms with Crippen molar-refractivity contribution < 1.29 is 23.5 Å². The molecule has 0 unspecified atom stereocenters. The number of ether oxygens (including phenoxy) is 2. The summed E-state index contributed by atoms with van der Waals surface area (Å²) in [6.45, 7) is 0.242. The summed E-state index contributed by atoms with van der Waals surface area (Å²) in [6.07, 6.45) is 0.360. The highest BCUT2D eigenvalue weighted by atomic mass is 19.1. The fourth-order valence-corrected chi connectivity index (χ4v) is 2.72. The van der Waals surface area contributed by atoms with E-state index in [1.54, 1.807) is 42.5 Å². The van der Waals surface area contributed by atoms with Gasteiger partial charge >= 0.3 is 5.97 Å². The number of esters is 1. The van der Waals surface area contributed by atoms with Gasteiger partial charge in [-0.15, -0.1) is 0 Å². The number of hydrogen-bond acceptors (Lipinski definition) is 4. The fourth-order valence-electron chi connectivity index (χ4n) is 2.72. The van der Waals surface area contributed by atoms with Gasteiger partial charge in [0.05, 0.1) is 5.56 Å². The zero-order chi connectivity index (χ0) is 21.2. The number of amides is 1. The summed E-state index contributed by atoms with van der Waals surface area (Å²) in [4.78, 5) is 23.9. The maximum absolute atomic E-state index is 13.5. The fraction of sp³-hybridized carbons (Fsp3) is 0.167. The van der Waals surface area contributed by atoms with E-state index in [4.69, 9.17) is 9.47 Å². The van der Waals surface area contributed by atoms with Gasteiger partial charge in [0, 0.05) is 6.54 Å². The molecule has 0 atom stereocenters. The SMILES string of the molecule is O=C(COC(=O)c1ccc(COc2ccccc2)cc1)NCCc1ccccc1F. The maximum atomic E-state index is 13.5. The minimum atomic E-state index is -0.588. The molecule has 0 radical (unpaired) electrons. The highest BCUT2D eigenvalue weighted by Gasteiger charge is 2.10. The molecule has 6 heteroatoms. The van der Waals surface area contributed by atoms with Crippen LogP contribution in [0.2, 0.25) is 0 Å². The lowest BCUT2D eigenvalue weighted by Crippen LogP contribution is -2.30. The first kappa shape index (κ1) is 21.0. The van der Waals surface area contributed by atoms with E-state index >= 15 is 0 Å². The number of hydrogen-bond donors (Lipinski definition) is 1. The zero-order valence-electron chi connectivity index (χ0n) is 16.3. The van der Waals surface area contributed by atoms with Crippen LogP contribution in [0.4, 0.5) is 4.39 Å². The van der Waals surface area contributed by atoms with Gasteiger partial charge in [-0.2, -0.15) is 0 Å². The van der Waals surface area contributed by atoms with E-state index < -0.39 is 18.5 Å². The Labute approximate surface area is 174 Å². The van der Waals surface area contributed by atoms with Crippen molar-refractivity contribution in [1.29, 1.82) is 0 Å². The van der Waals surface area contributed by atoms with Crippen LogP contribution in [0.15, 0.2) is 78.9 Å². The molecule has 1 amide bonds. The van der Waals surface area contributed by atoms with E-state index in [2.05, 4.69) is 5.32 Å². The Morgan fingerprint density at radius 1 is 0.867 bits per heavy atom. The second-order valence-corrected chi connectivity index (χ2v) is 6.57. The third-order valence-electron chi connectivity index (χ3n) is 4.35. The highest BCUT2D eigenvalue weighted by molar-refractivity contribution is 5.91. The summed E-state index contributed by atoms with van der Waals surface area (Å²) in [5.41, 5.74) is 1.77. The molecule has 0 aromatic heterocycles. The van der Waals surface area contributed by atoms with Crippen LogP contribution in [-0.2, 0) is 22.6 Å². The van der Waals surface area contributed by atoms with Crippen LogP contribution in [0.1, 0.15) is 21.5 Å². The molecule has 1 N–H and O–H groups in total. The van der Waals surface area contributed by atoms with Crippen molar-refractivity contribution in [3.63, 3.8) is 0 Å². The van der Waals surface area contributed by atoms with Gasteiger partial charge in [-0.25, -0.2) is 9.18 Å². The van der Waals surface area contributed by atoms with Gasteiger partial charge < -0.3 is 14.8 Å². The lowest BCUT2D eigenvalue weighted by atomic mass is 10.1. The lowest BCUT2D eigenvalue weighted by Gasteiger charge is -2.08. The minimum Gasteiger partial charge on any atom is -0.489 e. The Morgan fingerprint density at radius 3 is 2.30 bits per heavy atom.